The topological polar surface area (TPSA) is 62.2 Å². The molecule has 20 heavy (non-hydrogen) atoms. The van der Waals surface area contributed by atoms with Crippen LogP contribution in [0.4, 0.5) is 10.8 Å². The van der Waals surface area contributed by atoms with E-state index in [-0.39, 0.29) is 0 Å². The Labute approximate surface area is 137 Å². The summed E-state index contributed by atoms with van der Waals surface area (Å²) in [7, 11) is 0. The number of benzene rings is 1. The van der Waals surface area contributed by atoms with Crippen molar-refractivity contribution in [2.75, 3.05) is 5.32 Å². The van der Waals surface area contributed by atoms with Crippen molar-refractivity contribution in [3.63, 3.8) is 0 Å². The third-order valence-electron chi connectivity index (χ3n) is 2.87. The molecule has 0 saturated heterocycles. The molecule has 0 fully saturated rings. The van der Waals surface area contributed by atoms with E-state index in [4.69, 9.17) is 0 Å². The van der Waals surface area contributed by atoms with Gasteiger partial charge in [-0.3, -0.25) is 4.79 Å². The highest BCUT2D eigenvalue weighted by Gasteiger charge is 2.32. The van der Waals surface area contributed by atoms with E-state index in [1.54, 1.807) is 19.2 Å². The summed E-state index contributed by atoms with van der Waals surface area (Å²) in [6, 6.07) is 5.76. The fourth-order valence-corrected chi connectivity index (χ4v) is 3.53. The molecule has 1 aromatic carbocycles. The van der Waals surface area contributed by atoms with Crippen LogP contribution < -0.4 is 5.32 Å². The first kappa shape index (κ1) is 15.5. The summed E-state index contributed by atoms with van der Waals surface area (Å²) >= 11 is 8.31. The minimum absolute atomic E-state index is 0.542. The summed E-state index contributed by atoms with van der Waals surface area (Å²) in [5.41, 5.74) is 0.406. The van der Waals surface area contributed by atoms with Gasteiger partial charge in [0.1, 0.15) is 5.41 Å². The van der Waals surface area contributed by atoms with E-state index < -0.39 is 11.4 Å². The van der Waals surface area contributed by atoms with Gasteiger partial charge < -0.3 is 10.4 Å². The molecule has 0 unspecified atom stereocenters. The lowest BCUT2D eigenvalue weighted by Gasteiger charge is -2.15. The van der Waals surface area contributed by atoms with E-state index in [1.165, 1.54) is 11.3 Å². The second-order valence-electron chi connectivity index (χ2n) is 4.69. The van der Waals surface area contributed by atoms with Crippen molar-refractivity contribution in [2.24, 2.45) is 0 Å². The van der Waals surface area contributed by atoms with Crippen molar-refractivity contribution in [1.82, 2.24) is 4.98 Å². The molecule has 0 saturated carbocycles. The lowest BCUT2D eigenvalue weighted by molar-refractivity contribution is -0.142. The smallest absolute Gasteiger partial charge is 0.315 e. The third kappa shape index (κ3) is 3.05. The van der Waals surface area contributed by atoms with Gasteiger partial charge in [-0.2, -0.15) is 0 Å². The summed E-state index contributed by atoms with van der Waals surface area (Å²) in [5, 5.41) is 14.8. The Morgan fingerprint density at radius 2 is 1.95 bits per heavy atom. The summed E-state index contributed by atoms with van der Waals surface area (Å²) in [5.74, 6) is -0.892. The highest BCUT2D eigenvalue weighted by atomic mass is 79.9. The number of hydrogen-bond acceptors (Lipinski definition) is 4. The number of carboxylic acid groups (broad SMARTS) is 1. The average Bonchev–Trinajstić information content (AvgIpc) is 2.83. The van der Waals surface area contributed by atoms with Crippen molar-refractivity contribution >= 4 is 60.0 Å². The molecule has 0 atom stereocenters. The predicted molar refractivity (Wildman–Crippen MR) is 87.9 cm³/mol. The van der Waals surface area contributed by atoms with Gasteiger partial charge in [0.15, 0.2) is 5.13 Å². The molecule has 0 spiro atoms. The molecule has 4 nitrogen and oxygen atoms in total. The third-order valence-corrected chi connectivity index (χ3v) is 4.95. The Hall–Kier alpha value is -0.920. The lowest BCUT2D eigenvalue weighted by Crippen LogP contribution is -2.28. The van der Waals surface area contributed by atoms with Crippen LogP contribution in [-0.2, 0) is 10.2 Å². The average molecular weight is 420 g/mol. The Bertz CT molecular complexity index is 635. The number of aromatic nitrogens is 1. The first-order chi connectivity index (χ1) is 9.32. The standard InChI is InChI=1S/C13H12Br2N2O2S/c1-13(2,11(18)19)9-6-20-12(16-9)17-10-7(14)4-3-5-8(10)15/h3-6H,1-2H3,(H,16,17)(H,18,19). The molecule has 0 aliphatic heterocycles. The summed E-state index contributed by atoms with van der Waals surface area (Å²) in [4.78, 5) is 15.6. The number of rotatable bonds is 4. The number of hydrogen-bond donors (Lipinski definition) is 2. The number of carbonyl (C=O) groups is 1. The maximum atomic E-state index is 11.2. The molecule has 0 amide bonds. The quantitative estimate of drug-likeness (QED) is 0.748. The maximum absolute atomic E-state index is 11.2. The summed E-state index contributed by atoms with van der Waals surface area (Å²) in [6.45, 7) is 3.28. The van der Waals surface area contributed by atoms with Crippen molar-refractivity contribution < 1.29 is 9.90 Å². The molecule has 0 aliphatic rings. The van der Waals surface area contributed by atoms with Crippen molar-refractivity contribution in [1.29, 1.82) is 0 Å². The predicted octanol–water partition coefficient (Wildman–Crippen LogP) is 4.77. The zero-order valence-corrected chi connectivity index (χ0v) is 14.8. The number of anilines is 2. The van der Waals surface area contributed by atoms with Crippen LogP contribution >= 0.6 is 43.2 Å². The van der Waals surface area contributed by atoms with E-state index >= 15 is 0 Å². The van der Waals surface area contributed by atoms with Crippen LogP contribution in [0, 0.1) is 0 Å². The highest BCUT2D eigenvalue weighted by Crippen LogP contribution is 2.35. The normalized spacial score (nSPS) is 11.4. The van der Waals surface area contributed by atoms with Crippen molar-refractivity contribution in [3.05, 3.63) is 38.2 Å². The van der Waals surface area contributed by atoms with Crippen LogP contribution in [0.15, 0.2) is 32.5 Å². The van der Waals surface area contributed by atoms with Crippen LogP contribution in [0.3, 0.4) is 0 Å². The summed E-state index contributed by atoms with van der Waals surface area (Å²) in [6.07, 6.45) is 0. The number of nitrogens with one attached hydrogen (secondary N) is 1. The number of carboxylic acids is 1. The Kier molecular flexibility index (Phi) is 4.51. The molecule has 1 heterocycles. The van der Waals surface area contributed by atoms with Gasteiger partial charge in [0.2, 0.25) is 0 Å². The number of halogens is 2. The SMILES string of the molecule is CC(C)(C(=O)O)c1csc(Nc2c(Br)cccc2Br)n1. The van der Waals surface area contributed by atoms with Crippen LogP contribution in [-0.4, -0.2) is 16.1 Å². The second-order valence-corrected chi connectivity index (χ2v) is 7.26. The zero-order valence-electron chi connectivity index (χ0n) is 10.8. The number of thiazole rings is 1. The van der Waals surface area contributed by atoms with Gasteiger partial charge in [-0.15, -0.1) is 11.3 Å². The molecular formula is C13H12Br2N2O2S. The monoisotopic (exact) mass is 418 g/mol. The molecule has 7 heteroatoms. The Morgan fingerprint density at radius 3 is 2.50 bits per heavy atom. The molecule has 0 aliphatic carbocycles. The van der Waals surface area contributed by atoms with Gasteiger partial charge in [0.05, 0.1) is 11.4 Å². The zero-order chi connectivity index (χ0) is 14.9. The molecule has 1 aromatic heterocycles. The fourth-order valence-electron chi connectivity index (χ4n) is 1.45. The Morgan fingerprint density at radius 1 is 1.35 bits per heavy atom. The van der Waals surface area contributed by atoms with E-state index in [0.717, 1.165) is 14.6 Å². The van der Waals surface area contributed by atoms with Gasteiger partial charge in [0.25, 0.3) is 0 Å². The van der Waals surface area contributed by atoms with Crippen LogP contribution in [0.25, 0.3) is 0 Å². The van der Waals surface area contributed by atoms with Crippen molar-refractivity contribution in [3.8, 4) is 0 Å². The molecule has 2 rings (SSSR count). The van der Waals surface area contributed by atoms with E-state index in [0.29, 0.717) is 10.8 Å². The molecule has 0 bridgehead atoms. The number of para-hydroxylation sites is 1. The molecule has 106 valence electrons. The minimum atomic E-state index is -0.998. The summed E-state index contributed by atoms with van der Waals surface area (Å²) < 4.78 is 1.81. The van der Waals surface area contributed by atoms with Crippen LogP contribution in [0.2, 0.25) is 0 Å². The molecule has 0 radical (unpaired) electrons. The largest absolute Gasteiger partial charge is 0.481 e. The maximum Gasteiger partial charge on any atom is 0.315 e. The van der Waals surface area contributed by atoms with Gasteiger partial charge in [-0.1, -0.05) is 6.07 Å². The first-order valence-corrected chi connectivity index (χ1v) is 8.19. The number of nitrogens with zero attached hydrogens (tertiary/aromatic N) is 1. The van der Waals surface area contributed by atoms with E-state index in [2.05, 4.69) is 42.2 Å². The van der Waals surface area contributed by atoms with Crippen LogP contribution in [0.1, 0.15) is 19.5 Å². The second kappa shape index (κ2) is 5.83. The van der Waals surface area contributed by atoms with Gasteiger partial charge in [-0.25, -0.2) is 4.98 Å². The van der Waals surface area contributed by atoms with Crippen LogP contribution in [0.5, 0.6) is 0 Å². The van der Waals surface area contributed by atoms with Gasteiger partial charge in [0, 0.05) is 14.3 Å². The van der Waals surface area contributed by atoms with E-state index in [9.17, 15) is 9.90 Å². The lowest BCUT2D eigenvalue weighted by atomic mass is 9.90. The van der Waals surface area contributed by atoms with Crippen molar-refractivity contribution in [2.45, 2.75) is 19.3 Å². The first-order valence-electron chi connectivity index (χ1n) is 5.73. The fraction of sp³-hybridized carbons (Fsp3) is 0.231. The Balaban J connectivity index is 2.29. The minimum Gasteiger partial charge on any atom is -0.481 e. The van der Waals surface area contributed by atoms with Gasteiger partial charge >= 0.3 is 5.97 Å². The molecule has 2 aromatic rings. The highest BCUT2D eigenvalue weighted by molar-refractivity contribution is 9.11. The molecular weight excluding hydrogens is 408 g/mol. The molecule has 2 N–H and O–H groups in total. The van der Waals surface area contributed by atoms with E-state index in [1.807, 2.05) is 18.2 Å². The van der Waals surface area contributed by atoms with Gasteiger partial charge in [-0.05, 0) is 57.8 Å². The number of aliphatic carboxylic acids is 1.